The van der Waals surface area contributed by atoms with Gasteiger partial charge < -0.3 is 5.11 Å². The normalized spacial score (nSPS) is 10.9. The molecule has 0 atom stereocenters. The summed E-state index contributed by atoms with van der Waals surface area (Å²) in [5.74, 6) is -0.711. The van der Waals surface area contributed by atoms with Crippen LogP contribution < -0.4 is 0 Å². The molecule has 188 valence electrons. The molecule has 0 aromatic carbocycles. The highest BCUT2D eigenvalue weighted by molar-refractivity contribution is 7.57. The number of hydrogen-bond acceptors (Lipinski definition) is 1. The molecule has 0 aromatic rings. The summed E-state index contributed by atoms with van der Waals surface area (Å²) >= 11 is 0. The molecule has 0 amide bonds. The van der Waals surface area contributed by atoms with Crippen LogP contribution in [0.5, 0.6) is 0 Å². The molecule has 0 radical (unpaired) electrons. The molecule has 1 N–H and O–H groups in total. The van der Waals surface area contributed by atoms with Gasteiger partial charge in [-0.25, -0.2) is 0 Å². The number of unbranched alkanes of at least 4 members (excludes halogenated alkanes) is 15. The molecule has 0 rings (SSSR count). The first-order chi connectivity index (χ1) is 15.1. The maximum Gasteiger partial charge on any atom is 0.303 e. The van der Waals surface area contributed by atoms with Gasteiger partial charge in [0.2, 0.25) is 0 Å². The fourth-order valence-corrected chi connectivity index (χ4v) is 6.58. The average molecular weight is 459 g/mol. The highest BCUT2D eigenvalue weighted by Crippen LogP contribution is 2.39. The lowest BCUT2D eigenvalue weighted by Gasteiger charge is -2.18. The van der Waals surface area contributed by atoms with Crippen LogP contribution in [0, 0.1) is 0 Å². The van der Waals surface area contributed by atoms with Gasteiger partial charge in [0.05, 0.1) is 0 Å². The third-order valence-electron chi connectivity index (χ3n) is 5.95. The molecule has 0 saturated carbocycles. The molecule has 0 unspecified atom stereocenters. The van der Waals surface area contributed by atoms with Gasteiger partial charge in [0.15, 0.2) is 0 Å². The minimum atomic E-state index is -0.711. The van der Waals surface area contributed by atoms with Gasteiger partial charge in [-0.1, -0.05) is 124 Å². The summed E-state index contributed by atoms with van der Waals surface area (Å²) in [7, 11) is 0.366. The van der Waals surface area contributed by atoms with Crippen molar-refractivity contribution in [3.05, 3.63) is 0 Å². The van der Waals surface area contributed by atoms with Crippen molar-refractivity contribution >= 4 is 13.9 Å². The topological polar surface area (TPSA) is 37.3 Å². The molecule has 0 spiro atoms. The van der Waals surface area contributed by atoms with Crippen LogP contribution in [0.4, 0.5) is 0 Å². The summed E-state index contributed by atoms with van der Waals surface area (Å²) in [5, 5.41) is 7.91. The van der Waals surface area contributed by atoms with Gasteiger partial charge >= 0.3 is 5.97 Å². The van der Waals surface area contributed by atoms with Crippen LogP contribution in [0.3, 0.4) is 0 Å². The van der Waals surface area contributed by atoms with E-state index in [2.05, 4.69) is 20.8 Å². The Morgan fingerprint density at radius 2 is 0.774 bits per heavy atom. The van der Waals surface area contributed by atoms with Gasteiger partial charge in [-0.15, -0.1) is 7.92 Å². The van der Waals surface area contributed by atoms with E-state index in [4.69, 9.17) is 5.11 Å². The predicted molar refractivity (Wildman–Crippen MR) is 144 cm³/mol. The van der Waals surface area contributed by atoms with Crippen LogP contribution in [-0.4, -0.2) is 29.6 Å². The quantitative estimate of drug-likeness (QED) is 0.122. The standard InChI is InChI=1S/C24H51P.C4H8O2/c1-4-7-10-13-16-19-22-25(23-20-17-14-11-8-5-2)24-21-18-15-12-9-6-3;1-2-3-4(5)6/h4-24H2,1-3H3;2-3H2,1H3,(H,5,6). The molecule has 0 heterocycles. The van der Waals surface area contributed by atoms with E-state index in [1.807, 2.05) is 6.92 Å². The molecular weight excluding hydrogens is 399 g/mol. The van der Waals surface area contributed by atoms with Crippen molar-refractivity contribution in [1.29, 1.82) is 0 Å². The van der Waals surface area contributed by atoms with E-state index in [0.29, 0.717) is 14.3 Å². The Kier molecular flexibility index (Phi) is 31.9. The van der Waals surface area contributed by atoms with Crippen LogP contribution in [-0.2, 0) is 4.79 Å². The van der Waals surface area contributed by atoms with E-state index in [-0.39, 0.29) is 0 Å². The first-order valence-electron chi connectivity index (χ1n) is 14.1. The lowest BCUT2D eigenvalue weighted by molar-refractivity contribution is -0.137. The fourth-order valence-electron chi connectivity index (χ4n) is 3.90. The van der Waals surface area contributed by atoms with Crippen molar-refractivity contribution in [2.75, 3.05) is 18.5 Å². The van der Waals surface area contributed by atoms with Crippen molar-refractivity contribution in [3.63, 3.8) is 0 Å². The number of carboxylic acid groups (broad SMARTS) is 1. The van der Waals surface area contributed by atoms with Crippen LogP contribution in [0.25, 0.3) is 0 Å². The summed E-state index contributed by atoms with van der Waals surface area (Å²) in [6, 6.07) is 0. The Morgan fingerprint density at radius 1 is 0.484 bits per heavy atom. The highest BCUT2D eigenvalue weighted by Gasteiger charge is 2.07. The number of rotatable bonds is 23. The molecule has 31 heavy (non-hydrogen) atoms. The minimum Gasteiger partial charge on any atom is -0.481 e. The maximum absolute atomic E-state index is 9.60. The molecule has 2 nitrogen and oxygen atoms in total. The van der Waals surface area contributed by atoms with Crippen LogP contribution >= 0.6 is 7.92 Å². The van der Waals surface area contributed by atoms with Crippen molar-refractivity contribution in [1.82, 2.24) is 0 Å². The monoisotopic (exact) mass is 458 g/mol. The van der Waals surface area contributed by atoms with Crippen molar-refractivity contribution in [2.24, 2.45) is 0 Å². The van der Waals surface area contributed by atoms with Gasteiger partial charge in [-0.3, -0.25) is 4.79 Å². The molecule has 0 fully saturated rings. The summed E-state index contributed by atoms with van der Waals surface area (Å²) in [4.78, 5) is 9.60. The molecular formula is C28H59O2P. The maximum atomic E-state index is 9.60. The zero-order valence-corrected chi connectivity index (χ0v) is 23.0. The van der Waals surface area contributed by atoms with Crippen molar-refractivity contribution < 1.29 is 9.90 Å². The van der Waals surface area contributed by atoms with E-state index in [9.17, 15) is 4.79 Å². The van der Waals surface area contributed by atoms with Gasteiger partial charge in [-0.2, -0.15) is 0 Å². The van der Waals surface area contributed by atoms with Crippen LogP contribution in [0.15, 0.2) is 0 Å². The van der Waals surface area contributed by atoms with Crippen molar-refractivity contribution in [3.8, 4) is 0 Å². The second-order valence-electron chi connectivity index (χ2n) is 9.29. The van der Waals surface area contributed by atoms with Gasteiger partial charge in [0, 0.05) is 6.42 Å². The summed E-state index contributed by atoms with van der Waals surface area (Å²) in [5.41, 5.74) is 0. The zero-order chi connectivity index (χ0) is 23.4. The van der Waals surface area contributed by atoms with Crippen LogP contribution in [0.2, 0.25) is 0 Å². The molecule has 0 aliphatic heterocycles. The number of aliphatic carboxylic acids is 1. The molecule has 3 heteroatoms. The zero-order valence-electron chi connectivity index (χ0n) is 22.1. The lowest BCUT2D eigenvalue weighted by atomic mass is 10.1. The molecule has 0 aromatic heterocycles. The Labute approximate surface area is 198 Å². The van der Waals surface area contributed by atoms with E-state index >= 15 is 0 Å². The Hall–Kier alpha value is -0.100. The third kappa shape index (κ3) is 32.2. The molecule has 0 saturated heterocycles. The number of carboxylic acids is 1. The summed E-state index contributed by atoms with van der Waals surface area (Å²) in [6.07, 6.45) is 32.3. The van der Waals surface area contributed by atoms with Crippen LogP contribution in [0.1, 0.15) is 156 Å². The largest absolute Gasteiger partial charge is 0.481 e. The van der Waals surface area contributed by atoms with Gasteiger partial charge in [0.25, 0.3) is 0 Å². The van der Waals surface area contributed by atoms with E-state index in [0.717, 1.165) is 6.42 Å². The average Bonchev–Trinajstić information content (AvgIpc) is 2.75. The fraction of sp³-hybridized carbons (Fsp3) is 0.964. The van der Waals surface area contributed by atoms with E-state index in [1.54, 1.807) is 18.5 Å². The predicted octanol–water partition coefficient (Wildman–Crippen LogP) is 10.4. The molecule has 0 aliphatic rings. The third-order valence-corrected chi connectivity index (χ3v) is 8.79. The Morgan fingerprint density at radius 3 is 1.00 bits per heavy atom. The Balaban J connectivity index is 0. The second-order valence-corrected chi connectivity index (χ2v) is 12.0. The smallest absolute Gasteiger partial charge is 0.303 e. The summed E-state index contributed by atoms with van der Waals surface area (Å²) < 4.78 is 0. The summed E-state index contributed by atoms with van der Waals surface area (Å²) in [6.45, 7) is 8.80. The molecule has 0 bridgehead atoms. The van der Waals surface area contributed by atoms with Gasteiger partial charge in [-0.05, 0) is 44.2 Å². The number of carbonyl (C=O) groups is 1. The van der Waals surface area contributed by atoms with Gasteiger partial charge in [0.1, 0.15) is 0 Å². The lowest BCUT2D eigenvalue weighted by Crippen LogP contribution is -1.97. The first kappa shape index (κ1) is 33.1. The van der Waals surface area contributed by atoms with E-state index < -0.39 is 5.97 Å². The Bertz CT molecular complexity index is 295. The minimum absolute atomic E-state index is 0.292. The SMILES string of the molecule is CCCC(=O)O.CCCCCCCCP(CCCCCCCC)CCCCCCCC. The molecule has 0 aliphatic carbocycles. The first-order valence-corrected chi connectivity index (χ1v) is 16.0. The van der Waals surface area contributed by atoms with E-state index in [1.165, 1.54) is 116 Å². The number of hydrogen-bond donors (Lipinski definition) is 1. The van der Waals surface area contributed by atoms with Crippen molar-refractivity contribution in [2.45, 2.75) is 156 Å². The highest BCUT2D eigenvalue weighted by atomic mass is 31.1. The second kappa shape index (κ2) is 29.9.